The topological polar surface area (TPSA) is 51.2 Å². The van der Waals surface area contributed by atoms with Crippen LogP contribution in [0.4, 0.5) is 0 Å². The fourth-order valence-electron chi connectivity index (χ4n) is 6.52. The molecule has 0 bridgehead atoms. The van der Waals surface area contributed by atoms with Crippen LogP contribution in [-0.2, 0) is 16.0 Å². The highest BCUT2D eigenvalue weighted by Gasteiger charge is 2.35. The molecule has 3 atom stereocenters. The minimum atomic E-state index is -0.0888. The van der Waals surface area contributed by atoms with Gasteiger partial charge in [-0.1, -0.05) is 105 Å². The maximum Gasteiger partial charge on any atom is 0.163 e. The van der Waals surface area contributed by atoms with Crippen LogP contribution in [-0.4, -0.2) is 17.3 Å². The second-order valence-electron chi connectivity index (χ2n) is 12.8. The van der Waals surface area contributed by atoms with Gasteiger partial charge in [-0.3, -0.25) is 14.4 Å². The third kappa shape index (κ3) is 10.5. The van der Waals surface area contributed by atoms with E-state index in [4.69, 9.17) is 0 Å². The summed E-state index contributed by atoms with van der Waals surface area (Å²) in [6.45, 7) is 23.0. The highest BCUT2D eigenvalue weighted by atomic mass is 16.1. The lowest BCUT2D eigenvalue weighted by Crippen LogP contribution is -2.30. The molecule has 0 aliphatic heterocycles. The molecule has 0 heterocycles. The molecule has 0 N–H and O–H groups in total. The van der Waals surface area contributed by atoms with Crippen LogP contribution in [0.15, 0.2) is 23.8 Å². The second-order valence-corrected chi connectivity index (χ2v) is 12.8. The molecule has 2 aliphatic carbocycles. The van der Waals surface area contributed by atoms with Crippen LogP contribution in [0.25, 0.3) is 5.57 Å². The first kappa shape index (κ1) is 36.7. The van der Waals surface area contributed by atoms with Gasteiger partial charge in [-0.25, -0.2) is 0 Å². The summed E-state index contributed by atoms with van der Waals surface area (Å²) in [6, 6.07) is 2.35. The molecule has 230 valence electrons. The van der Waals surface area contributed by atoms with E-state index in [-0.39, 0.29) is 41.5 Å². The van der Waals surface area contributed by atoms with Crippen LogP contribution in [0.2, 0.25) is 0 Å². The Hall–Kier alpha value is -2.29. The van der Waals surface area contributed by atoms with Gasteiger partial charge in [0.15, 0.2) is 5.78 Å². The number of ketones is 3. The third-order valence-corrected chi connectivity index (χ3v) is 8.12. The van der Waals surface area contributed by atoms with Gasteiger partial charge in [0.1, 0.15) is 11.6 Å². The molecule has 3 nitrogen and oxygen atoms in total. The molecule has 3 unspecified atom stereocenters. The minimum Gasteiger partial charge on any atom is -0.300 e. The Morgan fingerprint density at radius 3 is 2.02 bits per heavy atom. The fraction of sp³-hybridized carbons (Fsp3) is 0.658. The van der Waals surface area contributed by atoms with E-state index in [0.29, 0.717) is 12.3 Å². The van der Waals surface area contributed by atoms with E-state index in [9.17, 15) is 14.4 Å². The van der Waals surface area contributed by atoms with Gasteiger partial charge in [-0.05, 0) is 92.0 Å². The summed E-state index contributed by atoms with van der Waals surface area (Å²) < 4.78 is 0. The summed E-state index contributed by atoms with van der Waals surface area (Å²) in [6.07, 6.45) is 13.0. The molecular formula is C38H60O3. The van der Waals surface area contributed by atoms with Crippen molar-refractivity contribution in [2.75, 3.05) is 0 Å². The number of hydrogen-bond donors (Lipinski definition) is 0. The van der Waals surface area contributed by atoms with Crippen molar-refractivity contribution in [3.63, 3.8) is 0 Å². The first-order valence-electron chi connectivity index (χ1n) is 16.5. The average molecular weight is 565 g/mol. The van der Waals surface area contributed by atoms with Crippen LogP contribution in [0.1, 0.15) is 166 Å². The number of rotatable bonds is 11. The van der Waals surface area contributed by atoms with Crippen molar-refractivity contribution in [2.45, 2.75) is 146 Å². The van der Waals surface area contributed by atoms with Crippen molar-refractivity contribution in [1.29, 1.82) is 0 Å². The second kappa shape index (κ2) is 18.3. The Kier molecular flexibility index (Phi) is 16.4. The minimum absolute atomic E-state index is 0.0365. The van der Waals surface area contributed by atoms with E-state index in [1.165, 1.54) is 47.6 Å². The lowest BCUT2D eigenvalue weighted by atomic mass is 9.70. The van der Waals surface area contributed by atoms with Crippen LogP contribution < -0.4 is 0 Å². The normalized spacial score (nSPS) is 17.4. The summed E-state index contributed by atoms with van der Waals surface area (Å²) in [5, 5.41) is 0. The number of carbonyl (C=O) groups excluding carboxylic acids is 3. The van der Waals surface area contributed by atoms with Crippen molar-refractivity contribution in [3.05, 3.63) is 51.6 Å². The third-order valence-electron chi connectivity index (χ3n) is 8.12. The number of Topliss-reactive ketones (excluding diaryl/α,β-unsaturated/α-hetero) is 3. The Labute approximate surface area is 252 Å². The summed E-state index contributed by atoms with van der Waals surface area (Å²) >= 11 is 0. The number of carbonyl (C=O) groups is 3. The molecule has 2 aliphatic rings. The number of benzene rings is 1. The Morgan fingerprint density at radius 1 is 0.951 bits per heavy atom. The zero-order valence-corrected chi connectivity index (χ0v) is 28.3. The van der Waals surface area contributed by atoms with Gasteiger partial charge in [-0.2, -0.15) is 0 Å². The number of hydrogen-bond acceptors (Lipinski definition) is 3. The summed E-state index contributed by atoms with van der Waals surface area (Å²) in [5.41, 5.74) is 8.55. The molecule has 0 saturated heterocycles. The van der Waals surface area contributed by atoms with Crippen molar-refractivity contribution in [2.24, 2.45) is 17.8 Å². The lowest BCUT2D eigenvalue weighted by Gasteiger charge is -2.33. The van der Waals surface area contributed by atoms with E-state index < -0.39 is 0 Å². The van der Waals surface area contributed by atoms with E-state index in [0.717, 1.165) is 49.7 Å². The molecule has 1 aromatic carbocycles. The van der Waals surface area contributed by atoms with Gasteiger partial charge in [0.2, 0.25) is 0 Å². The average Bonchev–Trinajstić information content (AvgIpc) is 3.30. The van der Waals surface area contributed by atoms with E-state index in [2.05, 4.69) is 87.5 Å². The standard InChI is InChI=1S/C32H44O3.2C3H8/c1-8-10-24(26(9-2)30(34)14-21(6)33)15-23-16-29-27(19(3)4)18-28(25-12-11-20(5)13-25)22(7)32(29)31(35)17-23;2*1-3-2/h11-12,18-19,23-24,26H,8-10,13-17H2,1-7H3;2*3H2,1-2H3. The number of fused-ring (bicyclic) bond motifs is 1. The zero-order valence-electron chi connectivity index (χ0n) is 28.3. The molecule has 0 saturated carbocycles. The molecule has 3 heteroatoms. The van der Waals surface area contributed by atoms with Crippen molar-refractivity contribution >= 4 is 22.9 Å². The van der Waals surface area contributed by atoms with Crippen LogP contribution in [0, 0.1) is 24.7 Å². The SMILES string of the molecule is CCC.CCC.CCCC(CC1CC(=O)c2c(C)c(C3=CC=C(C)C3)cc(C(C)C)c2C1)C(CC)C(=O)CC(C)=O. The molecule has 41 heavy (non-hydrogen) atoms. The van der Waals surface area contributed by atoms with Crippen LogP contribution >= 0.6 is 0 Å². The molecule has 0 fully saturated rings. The fourth-order valence-corrected chi connectivity index (χ4v) is 6.52. The molecule has 1 aromatic rings. The predicted octanol–water partition coefficient (Wildman–Crippen LogP) is 10.8. The zero-order chi connectivity index (χ0) is 31.3. The highest BCUT2D eigenvalue weighted by Crippen LogP contribution is 2.42. The molecule has 0 aromatic heterocycles. The number of allylic oxidation sites excluding steroid dienone is 4. The van der Waals surface area contributed by atoms with E-state index in [1.807, 2.05) is 0 Å². The molecule has 0 radical (unpaired) electrons. The van der Waals surface area contributed by atoms with Gasteiger partial charge >= 0.3 is 0 Å². The summed E-state index contributed by atoms with van der Waals surface area (Å²) in [4.78, 5) is 38.1. The molecule has 3 rings (SSSR count). The van der Waals surface area contributed by atoms with Gasteiger partial charge in [0.05, 0.1) is 6.42 Å². The maximum absolute atomic E-state index is 13.6. The molecular weight excluding hydrogens is 504 g/mol. The smallest absolute Gasteiger partial charge is 0.163 e. The van der Waals surface area contributed by atoms with Gasteiger partial charge in [-0.15, -0.1) is 0 Å². The predicted molar refractivity (Wildman–Crippen MR) is 177 cm³/mol. The first-order chi connectivity index (χ1) is 19.4. The lowest BCUT2D eigenvalue weighted by molar-refractivity contribution is -0.129. The first-order valence-corrected chi connectivity index (χ1v) is 16.5. The molecule has 0 spiro atoms. The van der Waals surface area contributed by atoms with Crippen LogP contribution in [0.3, 0.4) is 0 Å². The largest absolute Gasteiger partial charge is 0.300 e. The Bertz CT molecular complexity index is 1080. The van der Waals surface area contributed by atoms with Crippen molar-refractivity contribution in [3.8, 4) is 0 Å². The van der Waals surface area contributed by atoms with E-state index in [1.54, 1.807) is 0 Å². The van der Waals surface area contributed by atoms with Gasteiger partial charge in [0, 0.05) is 17.9 Å². The maximum atomic E-state index is 13.6. The van der Waals surface area contributed by atoms with Gasteiger partial charge in [0.25, 0.3) is 0 Å². The Morgan fingerprint density at radius 2 is 1.56 bits per heavy atom. The van der Waals surface area contributed by atoms with Crippen LogP contribution in [0.5, 0.6) is 0 Å². The van der Waals surface area contributed by atoms with Crippen molar-refractivity contribution < 1.29 is 14.4 Å². The summed E-state index contributed by atoms with van der Waals surface area (Å²) in [5.74, 6) is 1.03. The highest BCUT2D eigenvalue weighted by molar-refractivity contribution is 6.02. The summed E-state index contributed by atoms with van der Waals surface area (Å²) in [7, 11) is 0. The molecule has 0 amide bonds. The Balaban J connectivity index is 0.00000129. The van der Waals surface area contributed by atoms with Gasteiger partial charge < -0.3 is 0 Å². The quantitative estimate of drug-likeness (QED) is 0.251. The van der Waals surface area contributed by atoms with Crippen molar-refractivity contribution in [1.82, 2.24) is 0 Å². The van der Waals surface area contributed by atoms with E-state index >= 15 is 0 Å². The monoisotopic (exact) mass is 564 g/mol.